The molecule has 0 bridgehead atoms. The zero-order valence-corrected chi connectivity index (χ0v) is 23.5. The van der Waals surface area contributed by atoms with Crippen LogP contribution >= 0.6 is 0 Å². The molecule has 0 heterocycles. The third kappa shape index (κ3) is 12.6. The molecule has 0 aliphatic rings. The number of benzene rings is 1. The van der Waals surface area contributed by atoms with Crippen molar-refractivity contribution in [1.82, 2.24) is 16.0 Å². The van der Waals surface area contributed by atoms with E-state index in [9.17, 15) is 19.2 Å². The van der Waals surface area contributed by atoms with Crippen molar-refractivity contribution in [3.05, 3.63) is 35.9 Å². The Labute approximate surface area is 231 Å². The maximum atomic E-state index is 13.4. The third-order valence-corrected chi connectivity index (χ3v) is 6.37. The van der Waals surface area contributed by atoms with Gasteiger partial charge in [0.1, 0.15) is 18.1 Å². The van der Waals surface area contributed by atoms with Crippen molar-refractivity contribution >= 4 is 29.6 Å². The van der Waals surface area contributed by atoms with Gasteiger partial charge in [-0.1, -0.05) is 64.4 Å². The predicted molar refractivity (Wildman–Crippen MR) is 152 cm³/mol. The number of guanidine groups is 1. The summed E-state index contributed by atoms with van der Waals surface area (Å²) >= 11 is 0. The normalized spacial score (nSPS) is 14.8. The van der Waals surface area contributed by atoms with Crippen LogP contribution in [0.3, 0.4) is 0 Å². The fraction of sp³-hybridized carbons (Fsp3) is 0.593. The second kappa shape index (κ2) is 17.0. The second-order valence-electron chi connectivity index (χ2n) is 10.3. The van der Waals surface area contributed by atoms with Gasteiger partial charge in [0, 0.05) is 6.54 Å². The standard InChI is InChI=1S/C27H46N8O4/c1-5-17(4)22(35-24(37)19(28)15-18-10-7-6-8-11-18)26(39)33-20(12-9-13-32-27(30)31)25(38)34-21(23(29)36)14-16(2)3/h6-8,10-11,16-17,19-22H,5,9,12-15,28H2,1-4H3,(H2,29,36)(H,33,39)(H,34,38)(H,35,37)(H4,30,31,32)/t17-,19-,20-,21-,22-/m0/s1. The van der Waals surface area contributed by atoms with E-state index in [0.29, 0.717) is 25.7 Å². The van der Waals surface area contributed by atoms with Gasteiger partial charge in [0.15, 0.2) is 5.96 Å². The van der Waals surface area contributed by atoms with Gasteiger partial charge >= 0.3 is 0 Å². The Morgan fingerprint density at radius 1 is 0.872 bits per heavy atom. The first kappa shape index (κ1) is 33.4. The van der Waals surface area contributed by atoms with E-state index in [1.807, 2.05) is 58.0 Å². The zero-order valence-electron chi connectivity index (χ0n) is 23.5. The van der Waals surface area contributed by atoms with Gasteiger partial charge in [-0.2, -0.15) is 0 Å². The highest BCUT2D eigenvalue weighted by atomic mass is 16.2. The van der Waals surface area contributed by atoms with Crippen molar-refractivity contribution in [2.45, 2.75) is 84.0 Å². The smallest absolute Gasteiger partial charge is 0.243 e. The summed E-state index contributed by atoms with van der Waals surface area (Å²) in [4.78, 5) is 55.3. The van der Waals surface area contributed by atoms with Crippen molar-refractivity contribution in [3.63, 3.8) is 0 Å². The van der Waals surface area contributed by atoms with Crippen LogP contribution in [0, 0.1) is 11.8 Å². The molecule has 12 heteroatoms. The highest BCUT2D eigenvalue weighted by Gasteiger charge is 2.32. The molecule has 0 saturated carbocycles. The molecule has 5 atom stereocenters. The van der Waals surface area contributed by atoms with Crippen molar-refractivity contribution < 1.29 is 19.2 Å². The SMILES string of the molecule is CC[C@H](C)[C@H](NC(=O)[C@@H](N)Cc1ccccc1)C(=O)N[C@@H](CCCN=C(N)N)C(=O)N[C@@H](CC(C)C)C(N)=O. The lowest BCUT2D eigenvalue weighted by Gasteiger charge is -2.28. The van der Waals surface area contributed by atoms with Gasteiger partial charge in [-0.15, -0.1) is 0 Å². The first-order valence-corrected chi connectivity index (χ1v) is 13.4. The Morgan fingerprint density at radius 2 is 1.49 bits per heavy atom. The highest BCUT2D eigenvalue weighted by molar-refractivity contribution is 5.94. The van der Waals surface area contributed by atoms with E-state index in [1.54, 1.807) is 0 Å². The van der Waals surface area contributed by atoms with E-state index < -0.39 is 47.8 Å². The molecule has 1 rings (SSSR count). The fourth-order valence-corrected chi connectivity index (χ4v) is 3.95. The summed E-state index contributed by atoms with van der Waals surface area (Å²) in [5.41, 5.74) is 23.3. The van der Waals surface area contributed by atoms with E-state index in [0.717, 1.165) is 5.56 Å². The lowest BCUT2D eigenvalue weighted by atomic mass is 9.96. The summed E-state index contributed by atoms with van der Waals surface area (Å²) in [6.45, 7) is 7.76. The fourth-order valence-electron chi connectivity index (χ4n) is 3.95. The molecular weight excluding hydrogens is 500 g/mol. The third-order valence-electron chi connectivity index (χ3n) is 6.37. The molecule has 1 aromatic rings. The van der Waals surface area contributed by atoms with Crippen LogP contribution < -0.4 is 38.9 Å². The summed E-state index contributed by atoms with van der Waals surface area (Å²) < 4.78 is 0. The molecule has 4 amide bonds. The number of hydrogen-bond donors (Lipinski definition) is 7. The lowest BCUT2D eigenvalue weighted by molar-refractivity contribution is -0.134. The minimum absolute atomic E-state index is 0.0860. The van der Waals surface area contributed by atoms with Gasteiger partial charge in [0.05, 0.1) is 6.04 Å². The molecule has 39 heavy (non-hydrogen) atoms. The minimum Gasteiger partial charge on any atom is -0.370 e. The van der Waals surface area contributed by atoms with Crippen molar-refractivity contribution in [2.24, 2.45) is 39.8 Å². The molecule has 0 aliphatic heterocycles. The number of carbonyl (C=O) groups is 4. The summed E-state index contributed by atoms with van der Waals surface area (Å²) in [5, 5.41) is 8.16. The summed E-state index contributed by atoms with van der Waals surface area (Å²) in [6, 6.07) is 5.63. The molecule has 12 nitrogen and oxygen atoms in total. The molecule has 0 aromatic heterocycles. The molecule has 0 aliphatic carbocycles. The van der Waals surface area contributed by atoms with Crippen LogP contribution in [0.2, 0.25) is 0 Å². The number of primary amides is 1. The van der Waals surface area contributed by atoms with Crippen LogP contribution in [0.5, 0.6) is 0 Å². The zero-order chi connectivity index (χ0) is 29.5. The largest absolute Gasteiger partial charge is 0.370 e. The average molecular weight is 547 g/mol. The minimum atomic E-state index is -1.01. The highest BCUT2D eigenvalue weighted by Crippen LogP contribution is 2.11. The van der Waals surface area contributed by atoms with Crippen molar-refractivity contribution in [1.29, 1.82) is 0 Å². The number of carbonyl (C=O) groups excluding carboxylic acids is 4. The molecule has 0 saturated heterocycles. The van der Waals surface area contributed by atoms with Crippen molar-refractivity contribution in [3.8, 4) is 0 Å². The molecular formula is C27H46N8O4. The Kier molecular flexibility index (Phi) is 14.6. The van der Waals surface area contributed by atoms with Gasteiger partial charge in [0.2, 0.25) is 23.6 Å². The number of nitrogens with two attached hydrogens (primary N) is 4. The summed E-state index contributed by atoms with van der Waals surface area (Å²) in [6.07, 6.45) is 1.81. The van der Waals surface area contributed by atoms with Crippen LogP contribution in [0.25, 0.3) is 0 Å². The lowest BCUT2D eigenvalue weighted by Crippen LogP contribution is -2.59. The Hall–Kier alpha value is -3.67. The van der Waals surface area contributed by atoms with Crippen LogP contribution in [0.15, 0.2) is 35.3 Å². The number of rotatable bonds is 17. The number of nitrogens with one attached hydrogen (secondary N) is 3. The molecule has 0 fully saturated rings. The van der Waals surface area contributed by atoms with Gasteiger partial charge in [-0.3, -0.25) is 24.2 Å². The monoisotopic (exact) mass is 546 g/mol. The van der Waals surface area contributed by atoms with Crippen LogP contribution in [0.4, 0.5) is 0 Å². The van der Waals surface area contributed by atoms with E-state index in [1.165, 1.54) is 0 Å². The number of amides is 4. The van der Waals surface area contributed by atoms with Gasteiger partial charge in [-0.25, -0.2) is 0 Å². The van der Waals surface area contributed by atoms with Crippen LogP contribution in [0.1, 0.15) is 58.9 Å². The number of hydrogen-bond acceptors (Lipinski definition) is 6. The van der Waals surface area contributed by atoms with E-state index in [4.69, 9.17) is 22.9 Å². The first-order valence-electron chi connectivity index (χ1n) is 13.4. The Balaban J connectivity index is 3.04. The molecule has 0 spiro atoms. The molecule has 0 radical (unpaired) electrons. The van der Waals surface area contributed by atoms with Crippen LogP contribution in [-0.2, 0) is 25.6 Å². The van der Waals surface area contributed by atoms with E-state index >= 15 is 0 Å². The molecule has 11 N–H and O–H groups in total. The Morgan fingerprint density at radius 3 is 2.03 bits per heavy atom. The van der Waals surface area contributed by atoms with Gasteiger partial charge in [-0.05, 0) is 43.1 Å². The molecule has 1 aromatic carbocycles. The average Bonchev–Trinajstić information content (AvgIpc) is 2.87. The van der Waals surface area contributed by atoms with Crippen molar-refractivity contribution in [2.75, 3.05) is 6.54 Å². The van der Waals surface area contributed by atoms with E-state index in [-0.39, 0.29) is 30.8 Å². The summed E-state index contributed by atoms with van der Waals surface area (Å²) in [5.74, 6) is -2.47. The van der Waals surface area contributed by atoms with E-state index in [2.05, 4.69) is 20.9 Å². The van der Waals surface area contributed by atoms with Gasteiger partial charge in [0.25, 0.3) is 0 Å². The second-order valence-corrected chi connectivity index (χ2v) is 10.3. The molecule has 218 valence electrons. The number of aliphatic imine (C=N–C) groups is 1. The molecule has 0 unspecified atom stereocenters. The first-order chi connectivity index (χ1) is 18.3. The van der Waals surface area contributed by atoms with Crippen LogP contribution in [-0.4, -0.2) is 60.3 Å². The quantitative estimate of drug-likeness (QED) is 0.0780. The predicted octanol–water partition coefficient (Wildman–Crippen LogP) is -0.358. The maximum Gasteiger partial charge on any atom is 0.243 e. The maximum absolute atomic E-state index is 13.4. The summed E-state index contributed by atoms with van der Waals surface area (Å²) in [7, 11) is 0. The Bertz CT molecular complexity index is 966. The number of nitrogens with zero attached hydrogens (tertiary/aromatic N) is 1. The topological polar surface area (TPSA) is 221 Å². The van der Waals surface area contributed by atoms with Gasteiger partial charge < -0.3 is 38.9 Å².